The van der Waals surface area contributed by atoms with Crippen LogP contribution in [0.25, 0.3) is 0 Å². The first-order valence-corrected chi connectivity index (χ1v) is 7.77. The van der Waals surface area contributed by atoms with Gasteiger partial charge in [0.05, 0.1) is 17.0 Å². The lowest BCUT2D eigenvalue weighted by Gasteiger charge is -2.31. The Balaban J connectivity index is 1.77. The van der Waals surface area contributed by atoms with Crippen LogP contribution in [-0.4, -0.2) is 38.8 Å². The topological polar surface area (TPSA) is 79.0 Å². The molecule has 1 fully saturated rings. The first-order chi connectivity index (χ1) is 10.1. The zero-order valence-electron chi connectivity index (χ0n) is 11.7. The van der Waals surface area contributed by atoms with Crippen molar-refractivity contribution in [2.75, 3.05) is 13.1 Å². The van der Waals surface area contributed by atoms with Gasteiger partial charge in [0.25, 0.3) is 11.5 Å². The van der Waals surface area contributed by atoms with Gasteiger partial charge < -0.3 is 9.88 Å². The van der Waals surface area contributed by atoms with Crippen LogP contribution in [0, 0.1) is 6.92 Å². The highest BCUT2D eigenvalue weighted by atomic mass is 32.1. The fourth-order valence-electron chi connectivity index (χ4n) is 2.63. The summed E-state index contributed by atoms with van der Waals surface area (Å²) in [7, 11) is 0. The van der Waals surface area contributed by atoms with E-state index in [4.69, 9.17) is 0 Å². The van der Waals surface area contributed by atoms with Gasteiger partial charge in [-0.25, -0.2) is 9.97 Å². The smallest absolute Gasteiger partial charge is 0.273 e. The summed E-state index contributed by atoms with van der Waals surface area (Å²) in [6, 6.07) is 1.52. The molecule has 3 rings (SSSR count). The van der Waals surface area contributed by atoms with Crippen LogP contribution in [0.3, 0.4) is 0 Å². The van der Waals surface area contributed by atoms with Gasteiger partial charge in [0.15, 0.2) is 0 Å². The van der Waals surface area contributed by atoms with Crippen molar-refractivity contribution in [1.29, 1.82) is 0 Å². The summed E-state index contributed by atoms with van der Waals surface area (Å²) in [5.41, 5.74) is 1.11. The lowest BCUT2D eigenvalue weighted by atomic mass is 9.94. The molecule has 2 aromatic heterocycles. The molecule has 1 unspecified atom stereocenters. The molecule has 3 heterocycles. The third-order valence-electron chi connectivity index (χ3n) is 3.66. The van der Waals surface area contributed by atoms with Gasteiger partial charge in [-0.3, -0.25) is 9.59 Å². The second kappa shape index (κ2) is 5.77. The molecule has 1 aliphatic rings. The van der Waals surface area contributed by atoms with E-state index >= 15 is 0 Å². The lowest BCUT2D eigenvalue weighted by molar-refractivity contribution is 0.0700. The minimum atomic E-state index is -0.154. The summed E-state index contributed by atoms with van der Waals surface area (Å²) in [6.45, 7) is 3.21. The van der Waals surface area contributed by atoms with E-state index < -0.39 is 0 Å². The molecule has 1 aliphatic heterocycles. The number of thiazole rings is 1. The average Bonchev–Trinajstić information content (AvgIpc) is 2.93. The molecule has 1 amide bonds. The van der Waals surface area contributed by atoms with E-state index in [1.165, 1.54) is 23.7 Å². The SMILES string of the molecule is Cc1nc(C(=O)N2CCCC(c3cc(=O)[nH]cn3)C2)cs1. The van der Waals surface area contributed by atoms with Crippen LogP contribution in [0.2, 0.25) is 0 Å². The summed E-state index contributed by atoms with van der Waals surface area (Å²) < 4.78 is 0. The monoisotopic (exact) mass is 304 g/mol. The molecule has 1 N–H and O–H groups in total. The van der Waals surface area contributed by atoms with Crippen molar-refractivity contribution < 1.29 is 4.79 Å². The normalized spacial score (nSPS) is 18.7. The number of hydrogen-bond donors (Lipinski definition) is 1. The summed E-state index contributed by atoms with van der Waals surface area (Å²) in [5, 5.41) is 2.69. The van der Waals surface area contributed by atoms with Gasteiger partial charge in [-0.15, -0.1) is 11.3 Å². The van der Waals surface area contributed by atoms with Crippen molar-refractivity contribution in [3.05, 3.63) is 44.5 Å². The first-order valence-electron chi connectivity index (χ1n) is 6.89. The summed E-state index contributed by atoms with van der Waals surface area (Å²) >= 11 is 1.48. The third-order valence-corrected chi connectivity index (χ3v) is 4.44. The quantitative estimate of drug-likeness (QED) is 0.913. The first kappa shape index (κ1) is 13.9. The predicted molar refractivity (Wildman–Crippen MR) is 79.6 cm³/mol. The van der Waals surface area contributed by atoms with Crippen molar-refractivity contribution in [1.82, 2.24) is 19.9 Å². The second-order valence-corrected chi connectivity index (χ2v) is 6.24. The predicted octanol–water partition coefficient (Wildman–Crippen LogP) is 1.55. The number of aryl methyl sites for hydroxylation is 1. The van der Waals surface area contributed by atoms with Crippen molar-refractivity contribution >= 4 is 17.2 Å². The van der Waals surface area contributed by atoms with Gasteiger partial charge in [0.1, 0.15) is 5.69 Å². The Bertz CT molecular complexity index is 709. The van der Waals surface area contributed by atoms with Gasteiger partial charge in [-0.1, -0.05) is 0 Å². The molecule has 7 heteroatoms. The van der Waals surface area contributed by atoms with Crippen LogP contribution >= 0.6 is 11.3 Å². The van der Waals surface area contributed by atoms with Crippen LogP contribution in [0.5, 0.6) is 0 Å². The van der Waals surface area contributed by atoms with Gasteiger partial charge in [0, 0.05) is 30.5 Å². The van der Waals surface area contributed by atoms with Crippen molar-refractivity contribution in [3.63, 3.8) is 0 Å². The molecular weight excluding hydrogens is 288 g/mol. The largest absolute Gasteiger partial charge is 0.337 e. The molecular formula is C14H16N4O2S. The van der Waals surface area contributed by atoms with Crippen LogP contribution in [0.15, 0.2) is 22.6 Å². The number of amides is 1. The van der Waals surface area contributed by atoms with Gasteiger partial charge in [-0.2, -0.15) is 0 Å². The third kappa shape index (κ3) is 3.02. The number of nitrogens with one attached hydrogen (secondary N) is 1. The average molecular weight is 304 g/mol. The molecule has 1 saturated heterocycles. The number of likely N-dealkylation sites (tertiary alicyclic amines) is 1. The van der Waals surface area contributed by atoms with Gasteiger partial charge in [0.2, 0.25) is 0 Å². The molecule has 0 spiro atoms. The van der Waals surface area contributed by atoms with E-state index in [1.54, 1.807) is 5.38 Å². The van der Waals surface area contributed by atoms with Crippen LogP contribution < -0.4 is 5.56 Å². The van der Waals surface area contributed by atoms with E-state index in [0.717, 1.165) is 30.1 Å². The molecule has 0 bridgehead atoms. The zero-order chi connectivity index (χ0) is 14.8. The zero-order valence-corrected chi connectivity index (χ0v) is 12.5. The minimum Gasteiger partial charge on any atom is -0.337 e. The van der Waals surface area contributed by atoms with E-state index in [0.29, 0.717) is 12.2 Å². The number of nitrogens with zero attached hydrogens (tertiary/aromatic N) is 3. The molecule has 0 aliphatic carbocycles. The molecule has 2 aromatic rings. The lowest BCUT2D eigenvalue weighted by Crippen LogP contribution is -2.39. The number of aromatic nitrogens is 3. The maximum Gasteiger partial charge on any atom is 0.273 e. The van der Waals surface area contributed by atoms with E-state index in [1.807, 2.05) is 11.8 Å². The summed E-state index contributed by atoms with van der Waals surface area (Å²) in [4.78, 5) is 36.6. The van der Waals surface area contributed by atoms with Crippen LogP contribution in [0.4, 0.5) is 0 Å². The van der Waals surface area contributed by atoms with Crippen LogP contribution in [0.1, 0.15) is 39.9 Å². The maximum absolute atomic E-state index is 12.4. The Morgan fingerprint density at radius 2 is 2.38 bits per heavy atom. The van der Waals surface area contributed by atoms with Crippen molar-refractivity contribution in [3.8, 4) is 0 Å². The number of carbonyl (C=O) groups excluding carboxylic acids is 1. The number of H-pyrrole nitrogens is 1. The van der Waals surface area contributed by atoms with E-state index in [9.17, 15) is 9.59 Å². The van der Waals surface area contributed by atoms with Crippen molar-refractivity contribution in [2.45, 2.75) is 25.7 Å². The van der Waals surface area contributed by atoms with Crippen molar-refractivity contribution in [2.24, 2.45) is 0 Å². The number of hydrogen-bond acceptors (Lipinski definition) is 5. The minimum absolute atomic E-state index is 0.0334. The van der Waals surface area contributed by atoms with Crippen LogP contribution in [-0.2, 0) is 0 Å². The molecule has 0 aromatic carbocycles. The Morgan fingerprint density at radius 1 is 1.52 bits per heavy atom. The highest BCUT2D eigenvalue weighted by Gasteiger charge is 2.27. The Labute approximate surface area is 125 Å². The molecule has 6 nitrogen and oxygen atoms in total. The number of carbonyl (C=O) groups is 1. The Hall–Kier alpha value is -2.02. The summed E-state index contributed by atoms with van der Waals surface area (Å²) in [5.74, 6) is 0.0821. The van der Waals surface area contributed by atoms with E-state index in [-0.39, 0.29) is 17.4 Å². The standard InChI is InChI=1S/C14H16N4O2S/c1-9-17-12(7-21-9)14(20)18-4-2-3-10(6-18)11-5-13(19)16-8-15-11/h5,7-8,10H,2-4,6H2,1H3,(H,15,16,19). The fraction of sp³-hybridized carbons (Fsp3) is 0.429. The molecule has 110 valence electrons. The van der Waals surface area contributed by atoms with Gasteiger partial charge in [-0.05, 0) is 19.8 Å². The summed E-state index contributed by atoms with van der Waals surface area (Å²) in [6.07, 6.45) is 3.27. The Morgan fingerprint density at radius 3 is 3.10 bits per heavy atom. The Kier molecular flexibility index (Phi) is 3.83. The number of rotatable bonds is 2. The van der Waals surface area contributed by atoms with Gasteiger partial charge >= 0.3 is 0 Å². The maximum atomic E-state index is 12.4. The van der Waals surface area contributed by atoms with E-state index in [2.05, 4.69) is 15.0 Å². The molecule has 1 atom stereocenters. The second-order valence-electron chi connectivity index (χ2n) is 5.18. The molecule has 0 radical (unpaired) electrons. The number of piperidine rings is 1. The molecule has 21 heavy (non-hydrogen) atoms. The molecule has 0 saturated carbocycles. The highest BCUT2D eigenvalue weighted by molar-refractivity contribution is 7.09. The fourth-order valence-corrected chi connectivity index (χ4v) is 3.22. The number of aromatic amines is 1. The highest BCUT2D eigenvalue weighted by Crippen LogP contribution is 2.25.